The van der Waals surface area contributed by atoms with Crippen LogP contribution in [0, 0.1) is 0 Å². The summed E-state index contributed by atoms with van der Waals surface area (Å²) in [6.45, 7) is 3.13. The summed E-state index contributed by atoms with van der Waals surface area (Å²) in [7, 11) is 0. The first kappa shape index (κ1) is 17.9. The van der Waals surface area contributed by atoms with Gasteiger partial charge in [-0.25, -0.2) is 4.68 Å². The molecule has 0 aliphatic carbocycles. The topological polar surface area (TPSA) is 94.1 Å². The molecule has 0 saturated heterocycles. The van der Waals surface area contributed by atoms with Gasteiger partial charge in [0.05, 0.1) is 17.9 Å². The number of primary amides is 1. The molecule has 2 aromatic carbocycles. The predicted molar refractivity (Wildman–Crippen MR) is 106 cm³/mol. The number of anilines is 1. The second-order valence-corrected chi connectivity index (χ2v) is 6.72. The van der Waals surface area contributed by atoms with Gasteiger partial charge in [-0.2, -0.15) is 0 Å². The molecule has 0 radical (unpaired) electrons. The van der Waals surface area contributed by atoms with Crippen LogP contribution < -0.4 is 10.6 Å². The molecule has 7 nitrogen and oxygen atoms in total. The van der Waals surface area contributed by atoms with Crippen molar-refractivity contribution >= 4 is 17.5 Å². The first-order valence-electron chi connectivity index (χ1n) is 9.30. The zero-order valence-corrected chi connectivity index (χ0v) is 15.6. The van der Waals surface area contributed by atoms with E-state index in [0.717, 1.165) is 33.8 Å². The van der Waals surface area contributed by atoms with Crippen molar-refractivity contribution in [3.63, 3.8) is 0 Å². The van der Waals surface area contributed by atoms with Gasteiger partial charge in [0.15, 0.2) is 0 Å². The number of nitrogens with zero attached hydrogens (tertiary/aromatic N) is 4. The molecule has 0 atom stereocenters. The standard InChI is InChI=1S/C21H21N5O2/c1-2-26-21-15-8-4-3-7-14(15)13-25(19(28)12-11-18(22)27)17-10-6-5-9-16(17)20(21)23-24-26/h3-10H,2,11-13H2,1H3,(H2,22,27). The first-order valence-corrected chi connectivity index (χ1v) is 9.30. The first-order chi connectivity index (χ1) is 13.6. The van der Waals surface area contributed by atoms with Crippen molar-refractivity contribution in [2.75, 3.05) is 4.90 Å². The van der Waals surface area contributed by atoms with Crippen LogP contribution in [0.4, 0.5) is 5.69 Å². The van der Waals surface area contributed by atoms with Crippen molar-refractivity contribution < 1.29 is 9.59 Å². The van der Waals surface area contributed by atoms with E-state index in [4.69, 9.17) is 5.73 Å². The number of amides is 2. The van der Waals surface area contributed by atoms with Crippen LogP contribution in [0.2, 0.25) is 0 Å². The lowest BCUT2D eigenvalue weighted by atomic mass is 9.95. The van der Waals surface area contributed by atoms with Gasteiger partial charge in [0.25, 0.3) is 0 Å². The Morgan fingerprint density at radius 3 is 2.50 bits per heavy atom. The van der Waals surface area contributed by atoms with Gasteiger partial charge in [-0.1, -0.05) is 47.7 Å². The number of hydrogen-bond donors (Lipinski definition) is 1. The van der Waals surface area contributed by atoms with Gasteiger partial charge in [0, 0.05) is 30.5 Å². The Morgan fingerprint density at radius 1 is 1.04 bits per heavy atom. The van der Waals surface area contributed by atoms with Crippen LogP contribution >= 0.6 is 0 Å². The molecule has 142 valence electrons. The number of aromatic nitrogens is 3. The molecule has 7 heteroatoms. The second-order valence-electron chi connectivity index (χ2n) is 6.72. The van der Waals surface area contributed by atoms with Gasteiger partial charge in [0.2, 0.25) is 11.8 Å². The van der Waals surface area contributed by atoms with Gasteiger partial charge in [0.1, 0.15) is 5.69 Å². The maximum Gasteiger partial charge on any atom is 0.227 e. The molecule has 2 amide bonds. The minimum atomic E-state index is -0.484. The minimum absolute atomic E-state index is 0.0242. The fraction of sp³-hybridized carbons (Fsp3) is 0.238. The third-order valence-electron chi connectivity index (χ3n) is 4.97. The maximum absolute atomic E-state index is 13.0. The summed E-state index contributed by atoms with van der Waals surface area (Å²) in [5, 5.41) is 8.77. The molecule has 1 aliphatic heterocycles. The van der Waals surface area contributed by atoms with Crippen LogP contribution in [0.15, 0.2) is 48.5 Å². The predicted octanol–water partition coefficient (Wildman–Crippen LogP) is 2.74. The normalized spacial score (nSPS) is 12.4. The van der Waals surface area contributed by atoms with Gasteiger partial charge < -0.3 is 10.6 Å². The highest BCUT2D eigenvalue weighted by Gasteiger charge is 2.28. The average molecular weight is 375 g/mol. The van der Waals surface area contributed by atoms with Crippen molar-refractivity contribution in [3.8, 4) is 22.5 Å². The summed E-state index contributed by atoms with van der Waals surface area (Å²) in [4.78, 5) is 25.9. The minimum Gasteiger partial charge on any atom is -0.370 e. The summed E-state index contributed by atoms with van der Waals surface area (Å²) in [6, 6.07) is 15.6. The Balaban J connectivity index is 1.93. The smallest absolute Gasteiger partial charge is 0.227 e. The number of hydrogen-bond acceptors (Lipinski definition) is 4. The Morgan fingerprint density at radius 2 is 1.75 bits per heavy atom. The summed E-state index contributed by atoms with van der Waals surface area (Å²) >= 11 is 0. The molecule has 0 fully saturated rings. The lowest BCUT2D eigenvalue weighted by Crippen LogP contribution is -2.32. The van der Waals surface area contributed by atoms with Crippen LogP contribution in [0.1, 0.15) is 25.3 Å². The van der Waals surface area contributed by atoms with Gasteiger partial charge in [-0.3, -0.25) is 9.59 Å². The van der Waals surface area contributed by atoms with Crippen molar-refractivity contribution in [1.82, 2.24) is 15.0 Å². The third-order valence-corrected chi connectivity index (χ3v) is 4.97. The molecule has 4 rings (SSSR count). The number of rotatable bonds is 4. The molecule has 0 bridgehead atoms. The third kappa shape index (κ3) is 3.05. The van der Waals surface area contributed by atoms with Crippen molar-refractivity contribution in [2.45, 2.75) is 32.9 Å². The molecule has 3 aromatic rings. The highest BCUT2D eigenvalue weighted by Crippen LogP contribution is 2.41. The van der Waals surface area contributed by atoms with Gasteiger partial charge >= 0.3 is 0 Å². The Hall–Kier alpha value is -3.48. The summed E-state index contributed by atoms with van der Waals surface area (Å²) < 4.78 is 1.88. The molecule has 0 unspecified atom stereocenters. The molecule has 1 aliphatic rings. The zero-order chi connectivity index (χ0) is 19.7. The van der Waals surface area contributed by atoms with Crippen molar-refractivity contribution in [1.29, 1.82) is 0 Å². The van der Waals surface area contributed by atoms with Gasteiger partial charge in [-0.05, 0) is 18.6 Å². The lowest BCUT2D eigenvalue weighted by Gasteiger charge is -2.28. The van der Waals surface area contributed by atoms with E-state index in [0.29, 0.717) is 13.1 Å². The Labute approximate surface area is 162 Å². The van der Waals surface area contributed by atoms with Gasteiger partial charge in [-0.15, -0.1) is 5.10 Å². The van der Waals surface area contributed by atoms with Crippen LogP contribution in [0.25, 0.3) is 22.5 Å². The fourth-order valence-corrected chi connectivity index (χ4v) is 3.62. The molecule has 2 heterocycles. The highest BCUT2D eigenvalue weighted by molar-refractivity contribution is 6.01. The largest absolute Gasteiger partial charge is 0.370 e. The van der Waals surface area contributed by atoms with E-state index < -0.39 is 5.91 Å². The Kier molecular flexibility index (Phi) is 4.65. The molecule has 0 spiro atoms. The number of carbonyl (C=O) groups excluding carboxylic acids is 2. The van der Waals surface area contributed by atoms with Crippen molar-refractivity contribution in [3.05, 3.63) is 54.1 Å². The molecular formula is C21H21N5O2. The van der Waals surface area contributed by atoms with E-state index in [9.17, 15) is 9.59 Å². The second kappa shape index (κ2) is 7.26. The lowest BCUT2D eigenvalue weighted by molar-refractivity contribution is -0.123. The summed E-state index contributed by atoms with van der Waals surface area (Å²) in [5.41, 5.74) is 10.6. The quantitative estimate of drug-likeness (QED) is 0.759. The van der Waals surface area contributed by atoms with Crippen LogP contribution in [0.3, 0.4) is 0 Å². The SMILES string of the molecule is CCn1nnc2c1-c1ccccc1CN(C(=O)CCC(N)=O)c1ccccc1-2. The van der Waals surface area contributed by atoms with E-state index >= 15 is 0 Å². The monoisotopic (exact) mass is 375 g/mol. The maximum atomic E-state index is 13.0. The average Bonchev–Trinajstić information content (AvgIpc) is 3.12. The summed E-state index contributed by atoms with van der Waals surface area (Å²) in [6.07, 6.45) is 0.0940. The number of nitrogens with two attached hydrogens (primary N) is 1. The number of carbonyl (C=O) groups is 2. The van der Waals surface area contributed by atoms with E-state index in [1.807, 2.05) is 60.1 Å². The fourth-order valence-electron chi connectivity index (χ4n) is 3.62. The molecule has 1 aromatic heterocycles. The van der Waals surface area contributed by atoms with Crippen molar-refractivity contribution in [2.24, 2.45) is 5.73 Å². The number of aryl methyl sites for hydroxylation is 1. The highest BCUT2D eigenvalue weighted by atomic mass is 16.2. The van der Waals surface area contributed by atoms with Crippen LogP contribution in [-0.2, 0) is 22.7 Å². The van der Waals surface area contributed by atoms with E-state index in [-0.39, 0.29) is 18.7 Å². The molecule has 0 saturated carbocycles. The summed E-state index contributed by atoms with van der Waals surface area (Å²) in [5.74, 6) is -0.630. The molecule has 28 heavy (non-hydrogen) atoms. The zero-order valence-electron chi connectivity index (χ0n) is 15.6. The van der Waals surface area contributed by atoms with Crippen LogP contribution in [0.5, 0.6) is 0 Å². The molecular weight excluding hydrogens is 354 g/mol. The molecule has 2 N–H and O–H groups in total. The number of para-hydroxylation sites is 1. The van der Waals surface area contributed by atoms with E-state index in [1.165, 1.54) is 0 Å². The van der Waals surface area contributed by atoms with E-state index in [1.54, 1.807) is 4.90 Å². The van der Waals surface area contributed by atoms with Crippen LogP contribution in [-0.4, -0.2) is 26.8 Å². The Bertz CT molecular complexity index is 1060. The number of fused-ring (bicyclic) bond motifs is 5. The van der Waals surface area contributed by atoms with E-state index in [2.05, 4.69) is 10.3 Å². The number of benzene rings is 2.